The van der Waals surface area contributed by atoms with E-state index in [9.17, 15) is 0 Å². The quantitative estimate of drug-likeness (QED) is 0.155. The minimum Gasteiger partial charge on any atom is -0.455 e. The third-order valence-electron chi connectivity index (χ3n) is 12.8. The smallest absolute Gasteiger partial charge is 0.143 e. The Morgan fingerprint density at radius 3 is 1.71 bits per heavy atom. The number of rotatable bonds is 6. The molecule has 0 aliphatic heterocycles. The van der Waals surface area contributed by atoms with Crippen LogP contribution in [0, 0.1) is 0 Å². The van der Waals surface area contributed by atoms with Gasteiger partial charge in [-0.05, 0) is 133 Å². The fourth-order valence-corrected chi connectivity index (χ4v) is 10.8. The molecular weight excluding hydrogens is 783 g/mol. The van der Waals surface area contributed by atoms with Gasteiger partial charge >= 0.3 is 0 Å². The van der Waals surface area contributed by atoms with Gasteiger partial charge in [0, 0.05) is 53.4 Å². The molecule has 2 heterocycles. The Morgan fingerprint density at radius 1 is 0.317 bits per heavy atom. The highest BCUT2D eigenvalue weighted by atomic mass is 32.1. The predicted octanol–water partition coefficient (Wildman–Crippen LogP) is 17.9. The summed E-state index contributed by atoms with van der Waals surface area (Å²) < 4.78 is 9.25. The van der Waals surface area contributed by atoms with Crippen LogP contribution in [0.25, 0.3) is 108 Å². The largest absolute Gasteiger partial charge is 0.455 e. The zero-order valence-electron chi connectivity index (χ0n) is 34.1. The Bertz CT molecular complexity index is 3910. The lowest BCUT2D eigenvalue weighted by molar-refractivity contribution is 0.673. The van der Waals surface area contributed by atoms with E-state index in [1.165, 1.54) is 69.4 Å². The Hall–Kier alpha value is -7.98. The van der Waals surface area contributed by atoms with Gasteiger partial charge in [-0.3, -0.25) is 0 Å². The van der Waals surface area contributed by atoms with Crippen LogP contribution in [0.4, 0.5) is 17.1 Å². The molecule has 13 rings (SSSR count). The molecule has 13 aromatic rings. The van der Waals surface area contributed by atoms with E-state index in [-0.39, 0.29) is 0 Å². The first-order chi connectivity index (χ1) is 31.2. The van der Waals surface area contributed by atoms with E-state index in [2.05, 4.69) is 229 Å². The van der Waals surface area contributed by atoms with Crippen molar-refractivity contribution < 1.29 is 4.42 Å². The molecule has 0 N–H and O–H groups in total. The minimum atomic E-state index is 0.891. The second kappa shape index (κ2) is 14.3. The van der Waals surface area contributed by atoms with Gasteiger partial charge in [-0.15, -0.1) is 11.3 Å². The van der Waals surface area contributed by atoms with Gasteiger partial charge in [0.15, 0.2) is 0 Å². The molecule has 0 unspecified atom stereocenters. The predicted molar refractivity (Wildman–Crippen MR) is 270 cm³/mol. The van der Waals surface area contributed by atoms with Crippen LogP contribution in [0.5, 0.6) is 0 Å². The summed E-state index contributed by atoms with van der Waals surface area (Å²) in [5.41, 5.74) is 12.1. The number of furan rings is 1. The Balaban J connectivity index is 0.923. The van der Waals surface area contributed by atoms with E-state index in [0.29, 0.717) is 0 Å². The summed E-state index contributed by atoms with van der Waals surface area (Å²) in [6.45, 7) is 0. The number of fused-ring (bicyclic) bond motifs is 11. The van der Waals surface area contributed by atoms with E-state index in [1.54, 1.807) is 0 Å². The number of benzene rings is 11. The molecule has 0 fully saturated rings. The van der Waals surface area contributed by atoms with Gasteiger partial charge in [0.05, 0.1) is 0 Å². The topological polar surface area (TPSA) is 16.4 Å². The molecule has 0 saturated heterocycles. The van der Waals surface area contributed by atoms with Crippen molar-refractivity contribution in [3.8, 4) is 33.4 Å². The minimum absolute atomic E-state index is 0.891. The second-order valence-electron chi connectivity index (χ2n) is 16.5. The number of hydrogen-bond acceptors (Lipinski definition) is 3. The molecule has 2 aromatic heterocycles. The van der Waals surface area contributed by atoms with Crippen LogP contribution >= 0.6 is 11.3 Å². The van der Waals surface area contributed by atoms with Crippen molar-refractivity contribution >= 4 is 103 Å². The summed E-state index contributed by atoms with van der Waals surface area (Å²) in [5, 5.41) is 12.3. The lowest BCUT2D eigenvalue weighted by Gasteiger charge is -2.26. The molecular formula is C60H37NOS. The zero-order chi connectivity index (χ0) is 41.4. The second-order valence-corrected chi connectivity index (χ2v) is 17.5. The van der Waals surface area contributed by atoms with Gasteiger partial charge in [-0.1, -0.05) is 152 Å². The first-order valence-corrected chi connectivity index (χ1v) is 22.3. The summed E-state index contributed by atoms with van der Waals surface area (Å²) in [6.07, 6.45) is 0. The van der Waals surface area contributed by atoms with Gasteiger partial charge in [0.1, 0.15) is 11.2 Å². The average molecular weight is 820 g/mol. The van der Waals surface area contributed by atoms with Crippen molar-refractivity contribution in [1.82, 2.24) is 0 Å². The Labute approximate surface area is 368 Å². The number of anilines is 3. The normalized spacial score (nSPS) is 11.8. The maximum absolute atomic E-state index is 6.61. The van der Waals surface area contributed by atoms with Crippen LogP contribution in [0.2, 0.25) is 0 Å². The molecule has 11 aromatic carbocycles. The fraction of sp³-hybridized carbons (Fsp3) is 0. The number of nitrogens with zero attached hydrogens (tertiary/aromatic N) is 1. The van der Waals surface area contributed by atoms with Gasteiger partial charge in [-0.2, -0.15) is 0 Å². The van der Waals surface area contributed by atoms with Crippen LogP contribution in [0.3, 0.4) is 0 Å². The van der Waals surface area contributed by atoms with Gasteiger partial charge in [0.2, 0.25) is 0 Å². The highest BCUT2D eigenvalue weighted by Gasteiger charge is 2.18. The summed E-state index contributed by atoms with van der Waals surface area (Å²) in [6, 6.07) is 81.8. The maximum atomic E-state index is 6.61. The van der Waals surface area contributed by atoms with E-state index in [4.69, 9.17) is 4.42 Å². The monoisotopic (exact) mass is 819 g/mol. The average Bonchev–Trinajstić information content (AvgIpc) is 3.93. The van der Waals surface area contributed by atoms with Crippen molar-refractivity contribution in [3.05, 3.63) is 224 Å². The summed E-state index contributed by atoms with van der Waals surface area (Å²) in [7, 11) is 0. The molecule has 294 valence electrons. The molecule has 2 nitrogen and oxygen atoms in total. The van der Waals surface area contributed by atoms with Crippen LogP contribution < -0.4 is 4.90 Å². The number of thiophene rings is 1. The fourth-order valence-electron chi connectivity index (χ4n) is 9.76. The molecule has 63 heavy (non-hydrogen) atoms. The van der Waals surface area contributed by atoms with Crippen molar-refractivity contribution in [3.63, 3.8) is 0 Å². The lowest BCUT2D eigenvalue weighted by Crippen LogP contribution is -2.10. The summed E-state index contributed by atoms with van der Waals surface area (Å²) in [5.74, 6) is 0. The molecule has 0 spiro atoms. The van der Waals surface area contributed by atoms with Gasteiger partial charge in [-0.25, -0.2) is 0 Å². The standard InChI is InChI=1S/C60H37NOS/c1-3-13-49-40(9-1)19-20-45-35-42(26-32-50(45)49)38-21-28-46(29-22-38)61(47-30-23-39(24-31-47)43-27-34-58-55(37-43)53-15-5-6-18-57(53)63-58)48-12-7-11-44(36-48)51-16-8-17-56-59(51)54-33-25-41-10-2-4-14-52(41)60(54)62-56/h1-37H. The molecule has 0 aliphatic carbocycles. The van der Waals surface area contributed by atoms with Crippen LogP contribution in [0.1, 0.15) is 0 Å². The third-order valence-corrected chi connectivity index (χ3v) is 14.0. The van der Waals surface area contributed by atoms with Gasteiger partial charge < -0.3 is 9.32 Å². The highest BCUT2D eigenvalue weighted by Crippen LogP contribution is 2.43. The van der Waals surface area contributed by atoms with Crippen molar-refractivity contribution in [2.45, 2.75) is 0 Å². The van der Waals surface area contributed by atoms with Crippen molar-refractivity contribution in [1.29, 1.82) is 0 Å². The molecule has 0 bridgehead atoms. The lowest BCUT2D eigenvalue weighted by atomic mass is 9.97. The third kappa shape index (κ3) is 5.93. The zero-order valence-corrected chi connectivity index (χ0v) is 34.9. The maximum Gasteiger partial charge on any atom is 0.143 e. The Kier molecular flexibility index (Phi) is 8.12. The van der Waals surface area contributed by atoms with E-state index in [1.807, 2.05) is 11.3 Å². The van der Waals surface area contributed by atoms with Crippen LogP contribution in [-0.2, 0) is 0 Å². The molecule has 0 radical (unpaired) electrons. The van der Waals surface area contributed by atoms with Crippen molar-refractivity contribution in [2.75, 3.05) is 4.90 Å². The molecule has 0 aliphatic rings. The van der Waals surface area contributed by atoms with Crippen LogP contribution in [0.15, 0.2) is 229 Å². The summed E-state index contributed by atoms with van der Waals surface area (Å²) in [4.78, 5) is 2.38. The Morgan fingerprint density at radius 2 is 0.905 bits per heavy atom. The highest BCUT2D eigenvalue weighted by molar-refractivity contribution is 7.25. The van der Waals surface area contributed by atoms with E-state index < -0.39 is 0 Å². The SMILES string of the molecule is c1cc(-c2cccc3oc4c5ccccc5ccc4c23)cc(N(c2ccc(-c3ccc4c(ccc5ccccc54)c3)cc2)c2ccc(-c3ccc4sc5ccccc5c4c3)cc2)c1. The summed E-state index contributed by atoms with van der Waals surface area (Å²) >= 11 is 1.86. The number of hydrogen-bond donors (Lipinski definition) is 0. The molecule has 0 amide bonds. The molecule has 0 saturated carbocycles. The first-order valence-electron chi connectivity index (χ1n) is 21.5. The van der Waals surface area contributed by atoms with Gasteiger partial charge in [0.25, 0.3) is 0 Å². The first kappa shape index (κ1) is 35.7. The van der Waals surface area contributed by atoms with E-state index >= 15 is 0 Å². The molecule has 3 heteroatoms. The molecule has 0 atom stereocenters. The van der Waals surface area contributed by atoms with Crippen molar-refractivity contribution in [2.24, 2.45) is 0 Å². The van der Waals surface area contributed by atoms with Crippen LogP contribution in [-0.4, -0.2) is 0 Å². The van der Waals surface area contributed by atoms with E-state index in [0.717, 1.165) is 55.5 Å².